The zero-order valence-corrected chi connectivity index (χ0v) is 8.80. The van der Waals surface area contributed by atoms with E-state index in [4.69, 9.17) is 0 Å². The molecule has 0 amide bonds. The summed E-state index contributed by atoms with van der Waals surface area (Å²) < 4.78 is 0. The molecule has 2 aliphatic rings. The number of fused-ring (bicyclic) bond motifs is 1. The van der Waals surface area contributed by atoms with Gasteiger partial charge in [0.05, 0.1) is 0 Å². The van der Waals surface area contributed by atoms with E-state index in [-0.39, 0.29) is 0 Å². The lowest BCUT2D eigenvalue weighted by Gasteiger charge is -2.44. The van der Waals surface area contributed by atoms with E-state index < -0.39 is 0 Å². The second kappa shape index (κ2) is 2.47. The molecule has 1 aliphatic heterocycles. The van der Waals surface area contributed by atoms with Crippen LogP contribution >= 0.6 is 0 Å². The van der Waals surface area contributed by atoms with Crippen LogP contribution in [-0.2, 0) is 0 Å². The molecule has 0 bridgehead atoms. The average Bonchev–Trinajstić information content (AvgIpc) is 2.14. The SMILES string of the molecule is CC(C)N1CC2CCC2(C)C1C. The van der Waals surface area contributed by atoms with Crippen molar-refractivity contribution in [2.45, 2.75) is 52.6 Å². The van der Waals surface area contributed by atoms with E-state index in [0.717, 1.165) is 18.0 Å². The highest BCUT2D eigenvalue weighted by Crippen LogP contribution is 2.55. The molecule has 1 saturated heterocycles. The van der Waals surface area contributed by atoms with E-state index in [0.29, 0.717) is 5.41 Å². The molecule has 1 nitrogen and oxygen atoms in total. The van der Waals surface area contributed by atoms with Crippen molar-refractivity contribution in [2.24, 2.45) is 11.3 Å². The predicted octanol–water partition coefficient (Wildman–Crippen LogP) is 2.52. The van der Waals surface area contributed by atoms with Gasteiger partial charge in [0, 0.05) is 18.6 Å². The fourth-order valence-electron chi connectivity index (χ4n) is 3.10. The molecule has 2 fully saturated rings. The standard InChI is InChI=1S/C11H21N/c1-8(2)12-7-10-5-6-11(10,4)9(12)3/h8-10H,5-7H2,1-4H3. The van der Waals surface area contributed by atoms with Crippen molar-refractivity contribution < 1.29 is 0 Å². The third-order valence-electron chi connectivity index (χ3n) is 4.51. The summed E-state index contributed by atoms with van der Waals surface area (Å²) in [5.74, 6) is 1.01. The van der Waals surface area contributed by atoms with Crippen LogP contribution in [0.1, 0.15) is 40.5 Å². The largest absolute Gasteiger partial charge is 0.297 e. The molecule has 0 aromatic heterocycles. The van der Waals surface area contributed by atoms with Crippen LogP contribution in [0.5, 0.6) is 0 Å². The zero-order valence-electron chi connectivity index (χ0n) is 8.80. The molecule has 1 aliphatic carbocycles. The molecule has 12 heavy (non-hydrogen) atoms. The third kappa shape index (κ3) is 0.891. The van der Waals surface area contributed by atoms with Gasteiger partial charge in [0.25, 0.3) is 0 Å². The Balaban J connectivity index is 2.14. The number of rotatable bonds is 1. The van der Waals surface area contributed by atoms with E-state index in [2.05, 4.69) is 32.6 Å². The van der Waals surface area contributed by atoms with Crippen LogP contribution in [0.15, 0.2) is 0 Å². The van der Waals surface area contributed by atoms with Gasteiger partial charge in [-0.1, -0.05) is 6.92 Å². The van der Waals surface area contributed by atoms with Crippen LogP contribution < -0.4 is 0 Å². The third-order valence-corrected chi connectivity index (χ3v) is 4.51. The molecule has 0 radical (unpaired) electrons. The maximum absolute atomic E-state index is 2.68. The van der Waals surface area contributed by atoms with Gasteiger partial charge in [-0.05, 0) is 44.9 Å². The quantitative estimate of drug-likeness (QED) is 0.580. The fraction of sp³-hybridized carbons (Fsp3) is 1.00. The Kier molecular flexibility index (Phi) is 1.76. The summed E-state index contributed by atoms with van der Waals surface area (Å²) in [5, 5.41) is 0. The number of nitrogens with zero attached hydrogens (tertiary/aromatic N) is 1. The summed E-state index contributed by atoms with van der Waals surface area (Å²) in [5.41, 5.74) is 0.671. The average molecular weight is 167 g/mol. The molecular formula is C11H21N. The molecule has 0 N–H and O–H groups in total. The molecular weight excluding hydrogens is 146 g/mol. The molecule has 3 atom stereocenters. The summed E-state index contributed by atoms with van der Waals surface area (Å²) in [6.45, 7) is 10.9. The van der Waals surface area contributed by atoms with Crippen LogP contribution in [0.4, 0.5) is 0 Å². The highest BCUT2D eigenvalue weighted by Gasteiger charge is 2.54. The Morgan fingerprint density at radius 2 is 2.08 bits per heavy atom. The Labute approximate surface area is 76.1 Å². The van der Waals surface area contributed by atoms with Gasteiger partial charge in [0.1, 0.15) is 0 Å². The van der Waals surface area contributed by atoms with Crippen LogP contribution in [0, 0.1) is 11.3 Å². The molecule has 2 rings (SSSR count). The molecule has 1 saturated carbocycles. The van der Waals surface area contributed by atoms with Crippen molar-refractivity contribution in [1.82, 2.24) is 4.90 Å². The summed E-state index contributed by atoms with van der Waals surface area (Å²) in [6, 6.07) is 1.55. The van der Waals surface area contributed by atoms with Crippen molar-refractivity contribution in [1.29, 1.82) is 0 Å². The lowest BCUT2D eigenvalue weighted by atomic mass is 9.60. The van der Waals surface area contributed by atoms with Crippen molar-refractivity contribution in [3.8, 4) is 0 Å². The topological polar surface area (TPSA) is 3.24 Å². The summed E-state index contributed by atoms with van der Waals surface area (Å²) in [6.07, 6.45) is 2.94. The Morgan fingerprint density at radius 3 is 2.33 bits per heavy atom. The zero-order chi connectivity index (χ0) is 8.93. The molecule has 0 aromatic rings. The second-order valence-electron chi connectivity index (χ2n) is 5.21. The maximum atomic E-state index is 2.68. The van der Waals surface area contributed by atoms with E-state index in [1.807, 2.05) is 0 Å². The summed E-state index contributed by atoms with van der Waals surface area (Å²) in [4.78, 5) is 2.68. The highest BCUT2D eigenvalue weighted by atomic mass is 15.2. The Hall–Kier alpha value is -0.0400. The number of likely N-dealkylation sites (tertiary alicyclic amines) is 1. The van der Waals surface area contributed by atoms with Gasteiger partial charge >= 0.3 is 0 Å². The molecule has 1 heterocycles. The van der Waals surface area contributed by atoms with Gasteiger partial charge < -0.3 is 0 Å². The normalized spacial score (nSPS) is 47.8. The highest BCUT2D eigenvalue weighted by molar-refractivity contribution is 5.06. The van der Waals surface area contributed by atoms with E-state index in [1.165, 1.54) is 19.4 Å². The van der Waals surface area contributed by atoms with Crippen molar-refractivity contribution in [3.05, 3.63) is 0 Å². The van der Waals surface area contributed by atoms with Crippen molar-refractivity contribution >= 4 is 0 Å². The monoisotopic (exact) mass is 167 g/mol. The summed E-state index contributed by atoms with van der Waals surface area (Å²) in [7, 11) is 0. The lowest BCUT2D eigenvalue weighted by Crippen LogP contribution is -2.43. The Morgan fingerprint density at radius 1 is 1.42 bits per heavy atom. The van der Waals surface area contributed by atoms with Crippen LogP contribution in [0.3, 0.4) is 0 Å². The lowest BCUT2D eigenvalue weighted by molar-refractivity contribution is 0.0645. The molecule has 0 spiro atoms. The van der Waals surface area contributed by atoms with E-state index in [1.54, 1.807) is 0 Å². The smallest absolute Gasteiger partial charge is 0.0127 e. The van der Waals surface area contributed by atoms with Crippen LogP contribution in [-0.4, -0.2) is 23.5 Å². The van der Waals surface area contributed by atoms with Gasteiger partial charge in [-0.3, -0.25) is 4.90 Å². The van der Waals surface area contributed by atoms with Gasteiger partial charge in [-0.25, -0.2) is 0 Å². The van der Waals surface area contributed by atoms with Crippen molar-refractivity contribution in [2.75, 3.05) is 6.54 Å². The molecule has 70 valence electrons. The van der Waals surface area contributed by atoms with Gasteiger partial charge in [0.15, 0.2) is 0 Å². The first-order chi connectivity index (χ1) is 5.55. The second-order valence-corrected chi connectivity index (χ2v) is 5.21. The minimum absolute atomic E-state index is 0.671. The van der Waals surface area contributed by atoms with Crippen molar-refractivity contribution in [3.63, 3.8) is 0 Å². The van der Waals surface area contributed by atoms with Crippen LogP contribution in [0.2, 0.25) is 0 Å². The van der Waals surface area contributed by atoms with E-state index in [9.17, 15) is 0 Å². The minimum Gasteiger partial charge on any atom is -0.297 e. The molecule has 3 unspecified atom stereocenters. The Bertz CT molecular complexity index is 187. The number of hydrogen-bond acceptors (Lipinski definition) is 1. The van der Waals surface area contributed by atoms with Gasteiger partial charge in [0.2, 0.25) is 0 Å². The predicted molar refractivity (Wildman–Crippen MR) is 52.1 cm³/mol. The first kappa shape index (κ1) is 8.55. The first-order valence-corrected chi connectivity index (χ1v) is 5.31. The van der Waals surface area contributed by atoms with Gasteiger partial charge in [-0.15, -0.1) is 0 Å². The molecule has 1 heteroatoms. The van der Waals surface area contributed by atoms with Gasteiger partial charge in [-0.2, -0.15) is 0 Å². The fourth-order valence-corrected chi connectivity index (χ4v) is 3.10. The number of hydrogen-bond donors (Lipinski definition) is 0. The minimum atomic E-state index is 0.671. The first-order valence-electron chi connectivity index (χ1n) is 5.31. The maximum Gasteiger partial charge on any atom is 0.0127 e. The van der Waals surface area contributed by atoms with Crippen LogP contribution in [0.25, 0.3) is 0 Å². The van der Waals surface area contributed by atoms with E-state index >= 15 is 0 Å². The molecule has 0 aromatic carbocycles. The summed E-state index contributed by atoms with van der Waals surface area (Å²) >= 11 is 0.